The summed E-state index contributed by atoms with van der Waals surface area (Å²) in [5.41, 5.74) is 0.452. The Kier molecular flexibility index (Phi) is 2.55. The van der Waals surface area contributed by atoms with Crippen molar-refractivity contribution in [1.29, 1.82) is 5.26 Å². The van der Waals surface area contributed by atoms with Crippen LogP contribution in [-0.4, -0.2) is 4.98 Å². The second kappa shape index (κ2) is 3.44. The number of hydrogen-bond acceptors (Lipinski definition) is 2. The van der Waals surface area contributed by atoms with Crippen LogP contribution in [-0.2, 0) is 6.42 Å². The third kappa shape index (κ3) is 1.99. The first-order valence-corrected chi connectivity index (χ1v) is 3.70. The molecule has 0 amide bonds. The molecule has 1 rings (SSSR count). The number of rotatable bonds is 1. The molecule has 56 valence electrons. The van der Waals surface area contributed by atoms with E-state index in [0.29, 0.717) is 10.2 Å². The summed E-state index contributed by atoms with van der Waals surface area (Å²) in [5, 5.41) is 8.26. The molecule has 0 N–H and O–H groups in total. The van der Waals surface area contributed by atoms with Crippen molar-refractivity contribution in [2.75, 3.05) is 0 Å². The van der Waals surface area contributed by atoms with Gasteiger partial charge in [-0.2, -0.15) is 5.26 Å². The van der Waals surface area contributed by atoms with Crippen LogP contribution in [0.15, 0.2) is 16.7 Å². The van der Waals surface area contributed by atoms with Crippen molar-refractivity contribution in [3.05, 3.63) is 28.2 Å². The lowest BCUT2D eigenvalue weighted by Crippen LogP contribution is -1.89. The molecule has 0 aliphatic carbocycles. The van der Waals surface area contributed by atoms with Gasteiger partial charge in [0.1, 0.15) is 5.82 Å². The van der Waals surface area contributed by atoms with Gasteiger partial charge in [-0.05, 0) is 22.0 Å². The summed E-state index contributed by atoms with van der Waals surface area (Å²) in [6, 6.07) is 3.13. The number of pyridine rings is 1. The van der Waals surface area contributed by atoms with Crippen LogP contribution in [0.1, 0.15) is 5.69 Å². The molecular formula is C7H4BrFN2. The van der Waals surface area contributed by atoms with E-state index in [2.05, 4.69) is 20.9 Å². The molecule has 1 aromatic rings. The van der Waals surface area contributed by atoms with Crippen LogP contribution >= 0.6 is 15.9 Å². The first-order valence-electron chi connectivity index (χ1n) is 2.91. The van der Waals surface area contributed by atoms with E-state index in [1.54, 1.807) is 0 Å². The van der Waals surface area contributed by atoms with Crippen molar-refractivity contribution in [3.63, 3.8) is 0 Å². The lowest BCUT2D eigenvalue weighted by atomic mass is 10.3. The van der Waals surface area contributed by atoms with Gasteiger partial charge in [0.25, 0.3) is 0 Å². The zero-order chi connectivity index (χ0) is 8.27. The summed E-state index contributed by atoms with van der Waals surface area (Å²) in [6.45, 7) is 0. The molecule has 0 saturated carbocycles. The van der Waals surface area contributed by atoms with E-state index in [0.717, 1.165) is 0 Å². The summed E-state index contributed by atoms with van der Waals surface area (Å²) in [4.78, 5) is 3.82. The van der Waals surface area contributed by atoms with Gasteiger partial charge >= 0.3 is 0 Å². The van der Waals surface area contributed by atoms with Gasteiger partial charge in [-0.25, -0.2) is 4.39 Å². The third-order valence-electron chi connectivity index (χ3n) is 1.13. The van der Waals surface area contributed by atoms with Gasteiger partial charge in [0, 0.05) is 6.20 Å². The zero-order valence-electron chi connectivity index (χ0n) is 5.51. The smallest absolute Gasteiger partial charge is 0.140 e. The molecule has 0 unspecified atom stereocenters. The largest absolute Gasteiger partial charge is 0.259 e. The highest BCUT2D eigenvalue weighted by Gasteiger charge is 2.00. The van der Waals surface area contributed by atoms with Crippen LogP contribution in [0.2, 0.25) is 0 Å². The van der Waals surface area contributed by atoms with Gasteiger partial charge in [-0.3, -0.25) is 4.98 Å². The van der Waals surface area contributed by atoms with Crippen molar-refractivity contribution in [2.24, 2.45) is 0 Å². The molecule has 0 aliphatic heterocycles. The minimum Gasteiger partial charge on any atom is -0.259 e. The molecule has 0 aromatic carbocycles. The van der Waals surface area contributed by atoms with Crippen LogP contribution in [0.25, 0.3) is 0 Å². The Morgan fingerprint density at radius 1 is 1.73 bits per heavy atom. The second-order valence-electron chi connectivity index (χ2n) is 1.92. The standard InChI is InChI=1S/C7H4BrFN2/c8-6-4-11-5(1-2-10)3-7(6)9/h3-4H,1H2. The normalized spacial score (nSPS) is 9.18. The lowest BCUT2D eigenvalue weighted by molar-refractivity contribution is 0.616. The average molecular weight is 215 g/mol. The maximum Gasteiger partial charge on any atom is 0.140 e. The van der Waals surface area contributed by atoms with Crippen molar-refractivity contribution < 1.29 is 4.39 Å². The van der Waals surface area contributed by atoms with Crippen molar-refractivity contribution >= 4 is 15.9 Å². The quantitative estimate of drug-likeness (QED) is 0.718. The van der Waals surface area contributed by atoms with Gasteiger partial charge in [0.05, 0.1) is 22.7 Å². The molecule has 0 spiro atoms. The molecular weight excluding hydrogens is 211 g/mol. The van der Waals surface area contributed by atoms with Gasteiger partial charge in [0.2, 0.25) is 0 Å². The topological polar surface area (TPSA) is 36.7 Å². The summed E-state index contributed by atoms with van der Waals surface area (Å²) < 4.78 is 13.0. The van der Waals surface area contributed by atoms with E-state index in [1.165, 1.54) is 12.3 Å². The van der Waals surface area contributed by atoms with E-state index in [-0.39, 0.29) is 12.2 Å². The van der Waals surface area contributed by atoms with Crippen molar-refractivity contribution in [3.8, 4) is 6.07 Å². The van der Waals surface area contributed by atoms with E-state index in [1.807, 2.05) is 6.07 Å². The van der Waals surface area contributed by atoms with E-state index in [4.69, 9.17) is 5.26 Å². The summed E-state index contributed by atoms with van der Waals surface area (Å²) in [7, 11) is 0. The first kappa shape index (κ1) is 8.15. The first-order chi connectivity index (χ1) is 5.24. The Hall–Kier alpha value is -0.950. The predicted octanol–water partition coefficient (Wildman–Crippen LogP) is 2.05. The fraction of sp³-hybridized carbons (Fsp3) is 0.143. The SMILES string of the molecule is N#CCc1cc(F)c(Br)cn1. The maximum atomic E-state index is 12.7. The second-order valence-corrected chi connectivity index (χ2v) is 2.78. The van der Waals surface area contributed by atoms with Gasteiger partial charge in [-0.1, -0.05) is 0 Å². The molecule has 1 aromatic heterocycles. The van der Waals surface area contributed by atoms with E-state index >= 15 is 0 Å². The Morgan fingerprint density at radius 3 is 3.00 bits per heavy atom. The van der Waals surface area contributed by atoms with E-state index < -0.39 is 0 Å². The Bertz CT molecular complexity index is 306. The minimum atomic E-state index is -0.384. The molecule has 0 aliphatic rings. The summed E-state index contributed by atoms with van der Waals surface area (Å²) in [5.74, 6) is -0.384. The number of hydrogen-bond donors (Lipinski definition) is 0. The molecule has 2 nitrogen and oxygen atoms in total. The molecule has 0 fully saturated rings. The van der Waals surface area contributed by atoms with Crippen LogP contribution in [0.5, 0.6) is 0 Å². The summed E-state index contributed by atoms with van der Waals surface area (Å²) in [6.07, 6.45) is 1.49. The zero-order valence-corrected chi connectivity index (χ0v) is 7.10. The number of aromatic nitrogens is 1. The fourth-order valence-electron chi connectivity index (χ4n) is 0.631. The minimum absolute atomic E-state index is 0.143. The molecule has 0 radical (unpaired) electrons. The lowest BCUT2D eigenvalue weighted by Gasteiger charge is -1.94. The molecule has 0 saturated heterocycles. The van der Waals surface area contributed by atoms with Gasteiger partial charge in [-0.15, -0.1) is 0 Å². The predicted molar refractivity (Wildman–Crippen MR) is 41.2 cm³/mol. The average Bonchev–Trinajstić information content (AvgIpc) is 1.98. The fourth-order valence-corrected chi connectivity index (χ4v) is 0.848. The Morgan fingerprint density at radius 2 is 2.45 bits per heavy atom. The number of halogens is 2. The molecule has 11 heavy (non-hydrogen) atoms. The third-order valence-corrected chi connectivity index (χ3v) is 1.71. The van der Waals surface area contributed by atoms with E-state index in [9.17, 15) is 4.39 Å². The molecule has 4 heteroatoms. The Labute approximate surface area is 71.8 Å². The van der Waals surface area contributed by atoms with Crippen molar-refractivity contribution in [1.82, 2.24) is 4.98 Å². The highest BCUT2D eigenvalue weighted by atomic mass is 79.9. The van der Waals surface area contributed by atoms with Crippen molar-refractivity contribution in [2.45, 2.75) is 6.42 Å². The molecule has 0 atom stereocenters. The van der Waals surface area contributed by atoms with Crippen LogP contribution < -0.4 is 0 Å². The van der Waals surface area contributed by atoms with Gasteiger partial charge in [0.15, 0.2) is 0 Å². The van der Waals surface area contributed by atoms with Gasteiger partial charge < -0.3 is 0 Å². The number of nitrogens with zero attached hydrogens (tertiary/aromatic N) is 2. The molecule has 0 bridgehead atoms. The van der Waals surface area contributed by atoms with Crippen LogP contribution in [0, 0.1) is 17.1 Å². The Balaban J connectivity index is 2.98. The highest BCUT2D eigenvalue weighted by molar-refractivity contribution is 9.10. The van der Waals surface area contributed by atoms with Crippen LogP contribution in [0.3, 0.4) is 0 Å². The monoisotopic (exact) mass is 214 g/mol. The summed E-state index contributed by atoms with van der Waals surface area (Å²) >= 11 is 2.96. The molecule has 1 heterocycles. The maximum absolute atomic E-state index is 12.7. The number of nitriles is 1. The highest BCUT2D eigenvalue weighted by Crippen LogP contribution is 2.13. The van der Waals surface area contributed by atoms with Crippen LogP contribution in [0.4, 0.5) is 4.39 Å².